The smallest absolute Gasteiger partial charge is 0.275 e. The van der Waals surface area contributed by atoms with Crippen LogP contribution in [0.4, 0.5) is 5.69 Å². The summed E-state index contributed by atoms with van der Waals surface area (Å²) in [5.41, 5.74) is 1.70. The number of carbonyl (C=O) groups excluding carboxylic acids is 2. The topological polar surface area (TPSA) is 71.5 Å². The number of hydrogen-bond donors (Lipinski definition) is 1. The molecule has 0 atom stereocenters. The average Bonchev–Trinajstić information content (AvgIpc) is 3.31. The predicted molar refractivity (Wildman–Crippen MR) is 132 cm³/mol. The van der Waals surface area contributed by atoms with Crippen molar-refractivity contribution in [2.24, 2.45) is 0 Å². The SMILES string of the molecule is COc1ccc(Cl)cc1NC(=O)c1csc(C2CCN(C(=O)Cc3ccccc3Cl)CC2)n1. The molecular weight excluding hydrogens is 481 g/mol. The van der Waals surface area contributed by atoms with E-state index in [-0.39, 0.29) is 17.7 Å². The lowest BCUT2D eigenvalue weighted by Gasteiger charge is -2.31. The minimum atomic E-state index is -0.314. The minimum Gasteiger partial charge on any atom is -0.495 e. The monoisotopic (exact) mass is 503 g/mol. The molecule has 0 bridgehead atoms. The Morgan fingerprint density at radius 3 is 2.67 bits per heavy atom. The number of thiazole rings is 1. The van der Waals surface area contributed by atoms with Crippen molar-refractivity contribution < 1.29 is 14.3 Å². The van der Waals surface area contributed by atoms with Crippen LogP contribution in [0.1, 0.15) is 39.8 Å². The number of nitrogens with one attached hydrogen (secondary N) is 1. The van der Waals surface area contributed by atoms with Crippen molar-refractivity contribution in [3.8, 4) is 5.75 Å². The maximum absolute atomic E-state index is 12.7. The zero-order chi connectivity index (χ0) is 23.4. The Kier molecular flexibility index (Phi) is 7.53. The van der Waals surface area contributed by atoms with Crippen molar-refractivity contribution >= 4 is 52.0 Å². The lowest BCUT2D eigenvalue weighted by Crippen LogP contribution is -2.38. The second-order valence-electron chi connectivity index (χ2n) is 7.79. The number of ether oxygens (including phenoxy) is 1. The molecule has 6 nitrogen and oxygen atoms in total. The second-order valence-corrected chi connectivity index (χ2v) is 9.53. The highest BCUT2D eigenvalue weighted by Crippen LogP contribution is 2.32. The Hall–Kier alpha value is -2.61. The summed E-state index contributed by atoms with van der Waals surface area (Å²) >= 11 is 13.7. The highest BCUT2D eigenvalue weighted by molar-refractivity contribution is 7.10. The zero-order valence-corrected chi connectivity index (χ0v) is 20.3. The number of aromatic nitrogens is 1. The fourth-order valence-electron chi connectivity index (χ4n) is 3.84. The molecule has 1 aliphatic rings. The number of nitrogens with zero attached hydrogens (tertiary/aromatic N) is 2. The molecule has 1 aliphatic heterocycles. The van der Waals surface area contributed by atoms with Gasteiger partial charge in [-0.2, -0.15) is 0 Å². The van der Waals surface area contributed by atoms with Gasteiger partial charge in [0.25, 0.3) is 5.91 Å². The number of halogens is 2. The van der Waals surface area contributed by atoms with Crippen LogP contribution >= 0.6 is 34.5 Å². The summed E-state index contributed by atoms with van der Waals surface area (Å²) in [6, 6.07) is 12.5. The Morgan fingerprint density at radius 2 is 1.94 bits per heavy atom. The van der Waals surface area contributed by atoms with Crippen LogP contribution in [-0.4, -0.2) is 41.9 Å². The van der Waals surface area contributed by atoms with Crippen molar-refractivity contribution in [2.75, 3.05) is 25.5 Å². The van der Waals surface area contributed by atoms with Crippen LogP contribution in [0.3, 0.4) is 0 Å². The first-order valence-corrected chi connectivity index (χ1v) is 12.2. The molecule has 0 aliphatic carbocycles. The van der Waals surface area contributed by atoms with E-state index in [1.165, 1.54) is 18.4 Å². The summed E-state index contributed by atoms with van der Waals surface area (Å²) in [6.07, 6.45) is 1.93. The Morgan fingerprint density at radius 1 is 1.18 bits per heavy atom. The molecule has 9 heteroatoms. The van der Waals surface area contributed by atoms with Crippen molar-refractivity contribution in [3.63, 3.8) is 0 Å². The number of piperidine rings is 1. The standard InChI is InChI=1S/C24H23Cl2N3O3S/c1-32-21-7-6-17(25)13-19(21)27-23(31)20-14-33-24(28-20)15-8-10-29(11-9-15)22(30)12-16-4-2-3-5-18(16)26/h2-7,13-15H,8-12H2,1H3,(H,27,31). The van der Waals surface area contributed by atoms with Crippen molar-refractivity contribution in [1.29, 1.82) is 0 Å². The molecule has 0 spiro atoms. The van der Waals surface area contributed by atoms with Crippen LogP contribution < -0.4 is 10.1 Å². The quantitative estimate of drug-likeness (QED) is 0.470. The van der Waals surface area contributed by atoms with Crippen LogP contribution in [0, 0.1) is 0 Å². The molecule has 33 heavy (non-hydrogen) atoms. The molecule has 2 heterocycles. The van der Waals surface area contributed by atoms with Crippen LogP contribution in [0.15, 0.2) is 47.8 Å². The number of carbonyl (C=O) groups is 2. The van der Waals surface area contributed by atoms with E-state index in [0.29, 0.717) is 46.7 Å². The molecule has 2 aromatic carbocycles. The number of rotatable bonds is 6. The Balaban J connectivity index is 1.34. The molecule has 1 aromatic heterocycles. The summed E-state index contributed by atoms with van der Waals surface area (Å²) in [4.78, 5) is 31.8. The van der Waals surface area contributed by atoms with Gasteiger partial charge in [-0.15, -0.1) is 11.3 Å². The van der Waals surface area contributed by atoms with Gasteiger partial charge < -0.3 is 15.0 Å². The second kappa shape index (κ2) is 10.5. The van der Waals surface area contributed by atoms with E-state index >= 15 is 0 Å². The lowest BCUT2D eigenvalue weighted by molar-refractivity contribution is -0.131. The first-order valence-electron chi connectivity index (χ1n) is 10.6. The number of methoxy groups -OCH3 is 1. The molecule has 2 amide bonds. The van der Waals surface area contributed by atoms with Crippen molar-refractivity contribution in [3.05, 3.63) is 74.2 Å². The highest BCUT2D eigenvalue weighted by Gasteiger charge is 2.27. The zero-order valence-electron chi connectivity index (χ0n) is 18.0. The van der Waals surface area contributed by atoms with E-state index in [0.717, 1.165) is 23.4 Å². The molecule has 1 N–H and O–H groups in total. The van der Waals surface area contributed by atoms with E-state index in [1.807, 2.05) is 23.1 Å². The molecule has 0 saturated carbocycles. The minimum absolute atomic E-state index is 0.0798. The largest absolute Gasteiger partial charge is 0.495 e. The molecule has 0 unspecified atom stereocenters. The summed E-state index contributed by atoms with van der Waals surface area (Å²) in [6.45, 7) is 1.32. The normalized spacial score (nSPS) is 14.2. The number of benzene rings is 2. The van der Waals surface area contributed by atoms with E-state index in [1.54, 1.807) is 29.6 Å². The van der Waals surface area contributed by atoms with Crippen LogP contribution in [0.2, 0.25) is 10.0 Å². The third-order valence-corrected chi connectivity index (χ3v) is 7.27. The number of anilines is 1. The molecule has 1 fully saturated rings. The summed E-state index contributed by atoms with van der Waals surface area (Å²) in [5, 5.41) is 6.61. The van der Waals surface area contributed by atoms with E-state index < -0.39 is 0 Å². The van der Waals surface area contributed by atoms with E-state index in [2.05, 4.69) is 10.3 Å². The van der Waals surface area contributed by atoms with Gasteiger partial charge in [0.2, 0.25) is 5.91 Å². The summed E-state index contributed by atoms with van der Waals surface area (Å²) < 4.78 is 5.28. The Bertz CT molecular complexity index is 1160. The van der Waals surface area contributed by atoms with Crippen LogP contribution in [0.5, 0.6) is 5.75 Å². The number of amides is 2. The maximum atomic E-state index is 12.7. The van der Waals surface area contributed by atoms with E-state index in [4.69, 9.17) is 27.9 Å². The molecular formula is C24H23Cl2N3O3S. The fraction of sp³-hybridized carbons (Fsp3) is 0.292. The molecule has 172 valence electrons. The van der Waals surface area contributed by atoms with Crippen LogP contribution in [-0.2, 0) is 11.2 Å². The van der Waals surface area contributed by atoms with E-state index in [9.17, 15) is 9.59 Å². The number of hydrogen-bond acceptors (Lipinski definition) is 5. The molecule has 0 radical (unpaired) electrons. The average molecular weight is 504 g/mol. The van der Waals surface area contributed by atoms with Crippen molar-refractivity contribution in [1.82, 2.24) is 9.88 Å². The first-order chi connectivity index (χ1) is 15.9. The molecule has 1 saturated heterocycles. The Labute approximate surface area is 206 Å². The molecule has 4 rings (SSSR count). The van der Waals surface area contributed by atoms with Gasteiger partial charge in [0.1, 0.15) is 11.4 Å². The van der Waals surface area contributed by atoms with Gasteiger partial charge in [-0.1, -0.05) is 41.4 Å². The summed E-state index contributed by atoms with van der Waals surface area (Å²) in [7, 11) is 1.53. The van der Waals surface area contributed by atoms with Gasteiger partial charge in [0.05, 0.1) is 24.2 Å². The van der Waals surface area contributed by atoms with Gasteiger partial charge in [-0.25, -0.2) is 4.98 Å². The first kappa shape index (κ1) is 23.5. The van der Waals surface area contributed by atoms with Crippen molar-refractivity contribution in [2.45, 2.75) is 25.2 Å². The third kappa shape index (κ3) is 5.66. The fourth-order valence-corrected chi connectivity index (χ4v) is 5.18. The van der Waals surface area contributed by atoms with Gasteiger partial charge in [0, 0.05) is 34.4 Å². The molecule has 3 aromatic rings. The van der Waals surface area contributed by atoms with Gasteiger partial charge in [-0.05, 0) is 42.7 Å². The summed E-state index contributed by atoms with van der Waals surface area (Å²) in [5.74, 6) is 0.514. The highest BCUT2D eigenvalue weighted by atomic mass is 35.5. The van der Waals surface area contributed by atoms with Gasteiger partial charge in [-0.3, -0.25) is 9.59 Å². The third-order valence-electron chi connectivity index (χ3n) is 5.66. The van der Waals surface area contributed by atoms with Gasteiger partial charge >= 0.3 is 0 Å². The number of likely N-dealkylation sites (tertiary alicyclic amines) is 1. The van der Waals surface area contributed by atoms with Gasteiger partial charge in [0.15, 0.2) is 0 Å². The van der Waals surface area contributed by atoms with Crippen LogP contribution in [0.25, 0.3) is 0 Å². The maximum Gasteiger partial charge on any atom is 0.275 e. The lowest BCUT2D eigenvalue weighted by atomic mass is 9.97. The predicted octanol–water partition coefficient (Wildman–Crippen LogP) is 5.66.